The van der Waals surface area contributed by atoms with Gasteiger partial charge in [-0.25, -0.2) is 4.39 Å². The zero-order chi connectivity index (χ0) is 12.3. The Morgan fingerprint density at radius 1 is 1.35 bits per heavy atom. The normalized spacial score (nSPS) is 24.6. The van der Waals surface area contributed by atoms with Crippen molar-refractivity contribution >= 4 is 5.69 Å². The molecule has 2 atom stereocenters. The number of hydrogen-bond donors (Lipinski definition) is 2. The van der Waals surface area contributed by atoms with Crippen LogP contribution in [0.4, 0.5) is 10.1 Å². The Balaban J connectivity index is 2.13. The molecule has 1 aliphatic carbocycles. The molecule has 0 bridgehead atoms. The minimum Gasteiger partial charge on any atom is -0.379 e. The van der Waals surface area contributed by atoms with Crippen LogP contribution in [0, 0.1) is 18.7 Å². The summed E-state index contributed by atoms with van der Waals surface area (Å²) in [4.78, 5) is 0. The van der Waals surface area contributed by atoms with Gasteiger partial charge in [-0.1, -0.05) is 25.0 Å². The predicted octanol–water partition coefficient (Wildman–Crippen LogP) is 3.06. The molecule has 2 nitrogen and oxygen atoms in total. The molecule has 17 heavy (non-hydrogen) atoms. The number of aryl methyl sites for hydroxylation is 1. The van der Waals surface area contributed by atoms with Gasteiger partial charge in [-0.05, 0) is 43.9 Å². The molecule has 0 heterocycles. The Labute approximate surface area is 102 Å². The topological polar surface area (TPSA) is 38.0 Å². The van der Waals surface area contributed by atoms with Crippen LogP contribution in [-0.2, 0) is 0 Å². The van der Waals surface area contributed by atoms with Crippen molar-refractivity contribution in [2.75, 3.05) is 11.9 Å². The van der Waals surface area contributed by atoms with E-state index in [4.69, 9.17) is 5.73 Å². The molecule has 3 heteroatoms. The molecule has 0 aliphatic heterocycles. The standard InChI is InChI=1S/C14H21FN2/c1-10-5-4-7-12(15)14(10)17-13-8-3-2-6-11(13)9-16/h4-5,7,11,13,17H,2-3,6,8-9,16H2,1H3. The fourth-order valence-corrected chi connectivity index (χ4v) is 2.68. The van der Waals surface area contributed by atoms with E-state index >= 15 is 0 Å². The molecule has 2 rings (SSSR count). The molecule has 1 fully saturated rings. The molecule has 0 radical (unpaired) electrons. The van der Waals surface area contributed by atoms with E-state index in [1.165, 1.54) is 18.9 Å². The summed E-state index contributed by atoms with van der Waals surface area (Å²) in [5.74, 6) is 0.314. The van der Waals surface area contributed by atoms with Gasteiger partial charge in [0.2, 0.25) is 0 Å². The maximum Gasteiger partial charge on any atom is 0.146 e. The van der Waals surface area contributed by atoms with Gasteiger partial charge in [0.05, 0.1) is 5.69 Å². The zero-order valence-corrected chi connectivity index (χ0v) is 10.4. The summed E-state index contributed by atoms with van der Waals surface area (Å²) in [6.07, 6.45) is 4.70. The highest BCUT2D eigenvalue weighted by atomic mass is 19.1. The fourth-order valence-electron chi connectivity index (χ4n) is 2.68. The molecule has 0 aromatic heterocycles. The van der Waals surface area contributed by atoms with Crippen LogP contribution in [0.2, 0.25) is 0 Å². The molecule has 1 aromatic rings. The second-order valence-corrected chi connectivity index (χ2v) is 4.96. The summed E-state index contributed by atoms with van der Waals surface area (Å²) in [6.45, 7) is 2.62. The molecule has 1 aliphatic rings. The lowest BCUT2D eigenvalue weighted by Gasteiger charge is -2.32. The Hall–Kier alpha value is -1.09. The minimum absolute atomic E-state index is 0.161. The molecule has 1 aromatic carbocycles. The highest BCUT2D eigenvalue weighted by molar-refractivity contribution is 5.52. The molecule has 94 valence electrons. The molecule has 0 spiro atoms. The van der Waals surface area contributed by atoms with Crippen LogP contribution in [0.3, 0.4) is 0 Å². The number of nitrogens with one attached hydrogen (secondary N) is 1. The van der Waals surface area contributed by atoms with E-state index in [0.29, 0.717) is 24.2 Å². The van der Waals surface area contributed by atoms with Crippen LogP contribution in [0.1, 0.15) is 31.2 Å². The summed E-state index contributed by atoms with van der Waals surface area (Å²) in [7, 11) is 0. The molecular weight excluding hydrogens is 215 g/mol. The molecule has 2 unspecified atom stereocenters. The van der Waals surface area contributed by atoms with E-state index in [2.05, 4.69) is 5.32 Å². The van der Waals surface area contributed by atoms with Gasteiger partial charge in [0.25, 0.3) is 0 Å². The van der Waals surface area contributed by atoms with Crippen LogP contribution >= 0.6 is 0 Å². The summed E-state index contributed by atoms with van der Waals surface area (Å²) in [5, 5.41) is 3.36. The van der Waals surface area contributed by atoms with E-state index in [9.17, 15) is 4.39 Å². The summed E-state index contributed by atoms with van der Waals surface area (Å²) in [6, 6.07) is 5.52. The Kier molecular flexibility index (Phi) is 4.00. The number of halogens is 1. The van der Waals surface area contributed by atoms with Crippen LogP contribution in [0.15, 0.2) is 18.2 Å². The first-order valence-corrected chi connectivity index (χ1v) is 6.44. The van der Waals surface area contributed by atoms with Gasteiger partial charge in [0, 0.05) is 6.04 Å². The fraction of sp³-hybridized carbons (Fsp3) is 0.571. The van der Waals surface area contributed by atoms with Crippen LogP contribution in [-0.4, -0.2) is 12.6 Å². The van der Waals surface area contributed by atoms with Crippen molar-refractivity contribution in [3.05, 3.63) is 29.6 Å². The second kappa shape index (κ2) is 5.50. The van der Waals surface area contributed by atoms with Gasteiger partial charge in [-0.15, -0.1) is 0 Å². The molecular formula is C14H21FN2. The third-order valence-electron chi connectivity index (χ3n) is 3.76. The molecule has 3 N–H and O–H groups in total. The first-order valence-electron chi connectivity index (χ1n) is 6.44. The SMILES string of the molecule is Cc1cccc(F)c1NC1CCCCC1CN. The number of para-hydroxylation sites is 1. The summed E-state index contributed by atoms with van der Waals surface area (Å²) >= 11 is 0. The number of nitrogens with two attached hydrogens (primary N) is 1. The van der Waals surface area contributed by atoms with Crippen LogP contribution < -0.4 is 11.1 Å². The maximum absolute atomic E-state index is 13.7. The average molecular weight is 236 g/mol. The Morgan fingerprint density at radius 2 is 2.12 bits per heavy atom. The monoisotopic (exact) mass is 236 g/mol. The lowest BCUT2D eigenvalue weighted by Crippen LogP contribution is -2.37. The Bertz CT molecular complexity index is 358. The van der Waals surface area contributed by atoms with E-state index in [-0.39, 0.29) is 5.82 Å². The highest BCUT2D eigenvalue weighted by Gasteiger charge is 2.24. The number of hydrogen-bond acceptors (Lipinski definition) is 2. The predicted molar refractivity (Wildman–Crippen MR) is 69.6 cm³/mol. The molecule has 1 saturated carbocycles. The lowest BCUT2D eigenvalue weighted by molar-refractivity contribution is 0.332. The van der Waals surface area contributed by atoms with Crippen molar-refractivity contribution in [2.24, 2.45) is 11.7 Å². The maximum atomic E-state index is 13.7. The first kappa shape index (κ1) is 12.4. The van der Waals surface area contributed by atoms with Crippen LogP contribution in [0.5, 0.6) is 0 Å². The summed E-state index contributed by atoms with van der Waals surface area (Å²) < 4.78 is 13.7. The lowest BCUT2D eigenvalue weighted by atomic mass is 9.84. The smallest absolute Gasteiger partial charge is 0.146 e. The van der Waals surface area contributed by atoms with Crippen molar-refractivity contribution < 1.29 is 4.39 Å². The van der Waals surface area contributed by atoms with Crippen molar-refractivity contribution in [3.8, 4) is 0 Å². The van der Waals surface area contributed by atoms with Crippen molar-refractivity contribution in [1.82, 2.24) is 0 Å². The molecule has 0 amide bonds. The average Bonchev–Trinajstić information content (AvgIpc) is 2.34. The third-order valence-corrected chi connectivity index (χ3v) is 3.76. The first-order chi connectivity index (χ1) is 8.22. The van der Waals surface area contributed by atoms with Crippen molar-refractivity contribution in [2.45, 2.75) is 38.6 Å². The van der Waals surface area contributed by atoms with Crippen molar-refractivity contribution in [3.63, 3.8) is 0 Å². The quantitative estimate of drug-likeness (QED) is 0.846. The van der Waals surface area contributed by atoms with Gasteiger partial charge in [-0.2, -0.15) is 0 Å². The minimum atomic E-state index is -0.161. The van der Waals surface area contributed by atoms with E-state index in [1.54, 1.807) is 6.07 Å². The largest absolute Gasteiger partial charge is 0.379 e. The third kappa shape index (κ3) is 2.78. The van der Waals surface area contributed by atoms with Crippen molar-refractivity contribution in [1.29, 1.82) is 0 Å². The van der Waals surface area contributed by atoms with Crippen LogP contribution in [0.25, 0.3) is 0 Å². The van der Waals surface area contributed by atoms with E-state index < -0.39 is 0 Å². The highest BCUT2D eigenvalue weighted by Crippen LogP contribution is 2.28. The summed E-state index contributed by atoms with van der Waals surface area (Å²) in [5.41, 5.74) is 7.40. The van der Waals surface area contributed by atoms with E-state index in [0.717, 1.165) is 18.4 Å². The van der Waals surface area contributed by atoms with Gasteiger partial charge in [0.1, 0.15) is 5.82 Å². The van der Waals surface area contributed by atoms with Gasteiger partial charge >= 0.3 is 0 Å². The van der Waals surface area contributed by atoms with E-state index in [1.807, 2.05) is 13.0 Å². The van der Waals surface area contributed by atoms with Gasteiger partial charge in [0.15, 0.2) is 0 Å². The number of benzene rings is 1. The number of rotatable bonds is 3. The van der Waals surface area contributed by atoms with Gasteiger partial charge < -0.3 is 11.1 Å². The molecule has 0 saturated heterocycles. The Morgan fingerprint density at radius 3 is 2.82 bits per heavy atom. The number of anilines is 1. The van der Waals surface area contributed by atoms with Gasteiger partial charge in [-0.3, -0.25) is 0 Å². The second-order valence-electron chi connectivity index (χ2n) is 4.96. The zero-order valence-electron chi connectivity index (χ0n) is 10.4.